The SMILES string of the molecule is COc1c(C=O)ccc2cc(Cc3ccc(F)cc3)c(Cl)nc12. The standard InChI is InChI=1S/C18H13ClFNO2/c1-23-17-13(10-22)5-4-12-9-14(18(19)21-16(12)17)8-11-2-6-15(20)7-3-11/h2-7,9-10H,8H2,1H3. The van der Waals surface area contributed by atoms with Gasteiger partial charge in [-0.3, -0.25) is 4.79 Å². The van der Waals surface area contributed by atoms with Gasteiger partial charge in [0.25, 0.3) is 0 Å². The number of aldehydes is 1. The number of benzene rings is 2. The summed E-state index contributed by atoms with van der Waals surface area (Å²) < 4.78 is 18.3. The highest BCUT2D eigenvalue weighted by molar-refractivity contribution is 6.30. The van der Waals surface area contributed by atoms with E-state index in [2.05, 4.69) is 4.98 Å². The third kappa shape index (κ3) is 3.03. The summed E-state index contributed by atoms with van der Waals surface area (Å²) in [7, 11) is 1.49. The number of ether oxygens (including phenoxy) is 1. The van der Waals surface area contributed by atoms with Crippen LogP contribution in [0, 0.1) is 5.82 Å². The van der Waals surface area contributed by atoms with E-state index in [1.54, 1.807) is 24.3 Å². The van der Waals surface area contributed by atoms with E-state index < -0.39 is 0 Å². The van der Waals surface area contributed by atoms with Gasteiger partial charge in [0.05, 0.1) is 12.7 Å². The Morgan fingerprint density at radius 2 is 1.96 bits per heavy atom. The van der Waals surface area contributed by atoms with Gasteiger partial charge in [-0.15, -0.1) is 0 Å². The van der Waals surface area contributed by atoms with Crippen LogP contribution < -0.4 is 4.74 Å². The Morgan fingerprint density at radius 3 is 2.61 bits per heavy atom. The minimum Gasteiger partial charge on any atom is -0.494 e. The average molecular weight is 330 g/mol. The molecular formula is C18H13ClFNO2. The number of rotatable bonds is 4. The van der Waals surface area contributed by atoms with Crippen molar-refractivity contribution in [3.8, 4) is 5.75 Å². The van der Waals surface area contributed by atoms with Crippen molar-refractivity contribution in [1.82, 2.24) is 4.98 Å². The van der Waals surface area contributed by atoms with Gasteiger partial charge >= 0.3 is 0 Å². The van der Waals surface area contributed by atoms with Crippen LogP contribution in [0.15, 0.2) is 42.5 Å². The van der Waals surface area contributed by atoms with Crippen molar-refractivity contribution < 1.29 is 13.9 Å². The van der Waals surface area contributed by atoms with E-state index in [1.165, 1.54) is 19.2 Å². The van der Waals surface area contributed by atoms with Gasteiger partial charge in [-0.1, -0.05) is 29.8 Å². The number of aromatic nitrogens is 1. The normalized spacial score (nSPS) is 10.7. The molecule has 0 bridgehead atoms. The Morgan fingerprint density at radius 1 is 1.22 bits per heavy atom. The van der Waals surface area contributed by atoms with E-state index in [9.17, 15) is 9.18 Å². The van der Waals surface area contributed by atoms with E-state index in [4.69, 9.17) is 16.3 Å². The Kier molecular flexibility index (Phi) is 4.26. The van der Waals surface area contributed by atoms with Crippen molar-refractivity contribution in [2.45, 2.75) is 6.42 Å². The van der Waals surface area contributed by atoms with Crippen LogP contribution in [0.25, 0.3) is 10.9 Å². The molecule has 0 aliphatic rings. The smallest absolute Gasteiger partial charge is 0.155 e. The summed E-state index contributed by atoms with van der Waals surface area (Å²) in [5, 5.41) is 1.16. The molecule has 0 N–H and O–H groups in total. The van der Waals surface area contributed by atoms with E-state index in [1.807, 2.05) is 6.07 Å². The molecule has 3 aromatic rings. The molecule has 0 aliphatic heterocycles. The first-order chi connectivity index (χ1) is 11.1. The number of nitrogens with zero attached hydrogens (tertiary/aromatic N) is 1. The maximum Gasteiger partial charge on any atom is 0.155 e. The highest BCUT2D eigenvalue weighted by Gasteiger charge is 2.13. The zero-order valence-corrected chi connectivity index (χ0v) is 13.1. The Bertz CT molecular complexity index is 878. The molecular weight excluding hydrogens is 317 g/mol. The molecule has 0 fully saturated rings. The molecule has 0 radical (unpaired) electrons. The van der Waals surface area contributed by atoms with Crippen LogP contribution in [0.1, 0.15) is 21.5 Å². The highest BCUT2D eigenvalue weighted by atomic mass is 35.5. The van der Waals surface area contributed by atoms with Gasteiger partial charge in [0.2, 0.25) is 0 Å². The first kappa shape index (κ1) is 15.4. The molecule has 1 aromatic heterocycles. The summed E-state index contributed by atoms with van der Waals surface area (Å²) in [6, 6.07) is 11.7. The topological polar surface area (TPSA) is 39.2 Å². The fourth-order valence-corrected chi connectivity index (χ4v) is 2.71. The molecule has 1 heterocycles. The fourth-order valence-electron chi connectivity index (χ4n) is 2.50. The molecule has 0 atom stereocenters. The van der Waals surface area contributed by atoms with Crippen molar-refractivity contribution in [3.63, 3.8) is 0 Å². The quantitative estimate of drug-likeness (QED) is 0.524. The molecule has 116 valence electrons. The minimum atomic E-state index is -0.275. The molecule has 5 heteroatoms. The lowest BCUT2D eigenvalue weighted by molar-refractivity contribution is 0.112. The van der Waals surface area contributed by atoms with Gasteiger partial charge in [0.1, 0.15) is 16.5 Å². The number of carbonyl (C=O) groups excluding carboxylic acids is 1. The lowest BCUT2D eigenvalue weighted by Crippen LogP contribution is -1.97. The summed E-state index contributed by atoms with van der Waals surface area (Å²) in [6.45, 7) is 0. The van der Waals surface area contributed by atoms with Crippen molar-refractivity contribution in [1.29, 1.82) is 0 Å². The van der Waals surface area contributed by atoms with Crippen molar-refractivity contribution in [2.75, 3.05) is 7.11 Å². The zero-order valence-electron chi connectivity index (χ0n) is 12.3. The van der Waals surface area contributed by atoms with Crippen LogP contribution in [0.2, 0.25) is 5.15 Å². The molecule has 3 rings (SSSR count). The zero-order chi connectivity index (χ0) is 16.4. The number of carbonyl (C=O) groups is 1. The third-order valence-electron chi connectivity index (χ3n) is 3.64. The Labute approximate surface area is 137 Å². The van der Waals surface area contributed by atoms with Crippen LogP contribution in [0.3, 0.4) is 0 Å². The predicted octanol–water partition coefficient (Wildman–Crippen LogP) is 4.44. The van der Waals surface area contributed by atoms with E-state index >= 15 is 0 Å². The first-order valence-corrected chi connectivity index (χ1v) is 7.36. The van der Waals surface area contributed by atoms with Gasteiger partial charge in [0.15, 0.2) is 12.0 Å². The van der Waals surface area contributed by atoms with Gasteiger partial charge in [-0.05, 0) is 35.4 Å². The van der Waals surface area contributed by atoms with Crippen LogP contribution in [-0.2, 0) is 6.42 Å². The number of fused-ring (bicyclic) bond motifs is 1. The number of hydrogen-bond acceptors (Lipinski definition) is 3. The van der Waals surface area contributed by atoms with Crippen LogP contribution in [0.5, 0.6) is 5.75 Å². The third-order valence-corrected chi connectivity index (χ3v) is 3.96. The maximum absolute atomic E-state index is 13.0. The number of hydrogen-bond donors (Lipinski definition) is 0. The molecule has 0 saturated carbocycles. The van der Waals surface area contributed by atoms with Crippen LogP contribution >= 0.6 is 11.6 Å². The number of pyridine rings is 1. The summed E-state index contributed by atoms with van der Waals surface area (Å²) in [5.74, 6) is 0.135. The molecule has 0 amide bonds. The van der Waals surface area contributed by atoms with Crippen LogP contribution in [-0.4, -0.2) is 18.4 Å². The first-order valence-electron chi connectivity index (χ1n) is 6.98. The second-order valence-corrected chi connectivity index (χ2v) is 5.48. The summed E-state index contributed by atoms with van der Waals surface area (Å²) in [4.78, 5) is 15.5. The van der Waals surface area contributed by atoms with Crippen LogP contribution in [0.4, 0.5) is 4.39 Å². The Hall–Kier alpha value is -2.46. The molecule has 0 saturated heterocycles. The monoisotopic (exact) mass is 329 g/mol. The second kappa shape index (κ2) is 6.34. The lowest BCUT2D eigenvalue weighted by atomic mass is 10.0. The Balaban J connectivity index is 2.07. The summed E-state index contributed by atoms with van der Waals surface area (Å²) in [5.41, 5.74) is 2.73. The van der Waals surface area contributed by atoms with Gasteiger partial charge in [0, 0.05) is 11.8 Å². The predicted molar refractivity (Wildman–Crippen MR) is 87.9 cm³/mol. The van der Waals surface area contributed by atoms with Crippen molar-refractivity contribution >= 4 is 28.8 Å². The largest absolute Gasteiger partial charge is 0.494 e. The number of methoxy groups -OCH3 is 1. The fraction of sp³-hybridized carbons (Fsp3) is 0.111. The van der Waals surface area contributed by atoms with E-state index in [0.717, 1.165) is 22.8 Å². The van der Waals surface area contributed by atoms with Gasteiger partial charge in [-0.2, -0.15) is 0 Å². The maximum atomic E-state index is 13.0. The average Bonchev–Trinajstić information content (AvgIpc) is 2.56. The number of halogens is 2. The molecule has 0 aliphatic carbocycles. The molecule has 2 aromatic carbocycles. The molecule has 3 nitrogen and oxygen atoms in total. The van der Waals surface area contributed by atoms with Crippen molar-refractivity contribution in [3.05, 3.63) is 70.1 Å². The van der Waals surface area contributed by atoms with Gasteiger partial charge in [-0.25, -0.2) is 9.37 Å². The van der Waals surface area contributed by atoms with Crippen molar-refractivity contribution in [2.24, 2.45) is 0 Å². The minimum absolute atomic E-state index is 0.275. The summed E-state index contributed by atoms with van der Waals surface area (Å²) in [6.07, 6.45) is 1.26. The molecule has 0 spiro atoms. The van der Waals surface area contributed by atoms with Gasteiger partial charge < -0.3 is 4.74 Å². The second-order valence-electron chi connectivity index (χ2n) is 5.12. The van der Waals surface area contributed by atoms with E-state index in [-0.39, 0.29) is 5.82 Å². The van der Waals surface area contributed by atoms with E-state index in [0.29, 0.717) is 28.4 Å². The molecule has 0 unspecified atom stereocenters. The highest BCUT2D eigenvalue weighted by Crippen LogP contribution is 2.31. The lowest BCUT2D eigenvalue weighted by Gasteiger charge is -2.10. The summed E-state index contributed by atoms with van der Waals surface area (Å²) >= 11 is 6.28. The molecule has 23 heavy (non-hydrogen) atoms.